The summed E-state index contributed by atoms with van der Waals surface area (Å²) >= 11 is 0. The molecule has 2 heterocycles. The molecule has 1 atom stereocenters. The van der Waals surface area contributed by atoms with E-state index in [0.29, 0.717) is 42.5 Å². The molecule has 1 N–H and O–H groups in total. The lowest BCUT2D eigenvalue weighted by Crippen LogP contribution is -2.51. The molecular weight excluding hydrogens is 528 g/mol. The third-order valence-electron chi connectivity index (χ3n) is 6.83. The molecule has 5 rings (SSSR count). The zero-order chi connectivity index (χ0) is 28.4. The number of nitrogens with one attached hydrogen (secondary N) is 1. The monoisotopic (exact) mass is 560 g/mol. The third kappa shape index (κ3) is 5.58. The number of sulfonamides is 1. The highest BCUT2D eigenvalue weighted by Crippen LogP contribution is 2.36. The Morgan fingerprint density at radius 2 is 1.75 bits per heavy atom. The first-order chi connectivity index (χ1) is 19.1. The Kier molecular flexibility index (Phi) is 7.62. The number of nitrogens with zero attached hydrogens (tertiary/aromatic N) is 3. The molecule has 2 amide bonds. The molecule has 40 heavy (non-hydrogen) atoms. The number of amides is 2. The van der Waals surface area contributed by atoms with Gasteiger partial charge in [0.1, 0.15) is 16.5 Å². The van der Waals surface area contributed by atoms with Crippen molar-refractivity contribution >= 4 is 39.0 Å². The van der Waals surface area contributed by atoms with Gasteiger partial charge in [-0.05, 0) is 55.2 Å². The van der Waals surface area contributed by atoms with Crippen molar-refractivity contribution in [2.45, 2.75) is 38.2 Å². The smallest absolute Gasteiger partial charge is 0.286 e. The minimum Gasteiger partial charge on any atom is -0.477 e. The number of hydrogen-bond donors (Lipinski definition) is 1. The van der Waals surface area contributed by atoms with Crippen LogP contribution < -0.4 is 19.9 Å². The Balaban J connectivity index is 1.40. The van der Waals surface area contributed by atoms with Gasteiger partial charge in [0.25, 0.3) is 21.8 Å². The standard InChI is InChI=1S/C30H32N4O5S/c1-20(2)18-33-21(3)32-40(37,38)28-17-23(13-14-25(28)33)30(36)34-19-27(39-26-12-8-7-11-24(26)34)29(35)31-16-15-22-9-5-4-6-10-22/h4-14,17,20,27H,15-16,18-19H2,1-3H3,(H,31,35). The number of rotatable bonds is 7. The van der Waals surface area contributed by atoms with Crippen molar-refractivity contribution in [3.63, 3.8) is 0 Å². The van der Waals surface area contributed by atoms with Crippen LogP contribution in [0.25, 0.3) is 0 Å². The number of ether oxygens (including phenoxy) is 1. The summed E-state index contributed by atoms with van der Waals surface area (Å²) in [6.45, 7) is 6.73. The summed E-state index contributed by atoms with van der Waals surface area (Å²) in [6.07, 6.45) is -0.262. The van der Waals surface area contributed by atoms with Gasteiger partial charge in [-0.2, -0.15) is 8.42 Å². The molecule has 0 aromatic heterocycles. The lowest BCUT2D eigenvalue weighted by atomic mass is 10.1. The Morgan fingerprint density at radius 3 is 2.50 bits per heavy atom. The molecule has 0 radical (unpaired) electrons. The minimum absolute atomic E-state index is 0.0126. The minimum atomic E-state index is -3.98. The van der Waals surface area contributed by atoms with Crippen LogP contribution in [0, 0.1) is 5.92 Å². The molecule has 208 valence electrons. The summed E-state index contributed by atoms with van der Waals surface area (Å²) in [5.41, 5.74) is 2.29. The summed E-state index contributed by atoms with van der Waals surface area (Å²) in [7, 11) is -3.98. The highest BCUT2D eigenvalue weighted by molar-refractivity contribution is 7.90. The number of amidine groups is 1. The van der Waals surface area contributed by atoms with Gasteiger partial charge in [0, 0.05) is 18.7 Å². The van der Waals surface area contributed by atoms with Crippen LogP contribution in [-0.2, 0) is 21.2 Å². The first-order valence-corrected chi connectivity index (χ1v) is 14.7. The van der Waals surface area contributed by atoms with E-state index in [1.54, 1.807) is 43.3 Å². The lowest BCUT2D eigenvalue weighted by molar-refractivity contribution is -0.127. The van der Waals surface area contributed by atoms with E-state index in [2.05, 4.69) is 9.71 Å². The van der Waals surface area contributed by atoms with Crippen LogP contribution in [0.1, 0.15) is 36.7 Å². The Hall–Kier alpha value is -4.18. The Morgan fingerprint density at radius 1 is 1.02 bits per heavy atom. The molecule has 0 saturated carbocycles. The molecule has 2 aliphatic rings. The van der Waals surface area contributed by atoms with Crippen LogP contribution in [0.2, 0.25) is 0 Å². The van der Waals surface area contributed by atoms with Gasteiger partial charge in [-0.25, -0.2) is 0 Å². The van der Waals surface area contributed by atoms with Gasteiger partial charge >= 0.3 is 0 Å². The highest BCUT2D eigenvalue weighted by atomic mass is 32.2. The van der Waals surface area contributed by atoms with Crippen molar-refractivity contribution in [1.82, 2.24) is 5.32 Å². The Labute approximate surface area is 234 Å². The van der Waals surface area contributed by atoms with Crippen LogP contribution in [0.15, 0.2) is 82.1 Å². The fourth-order valence-electron chi connectivity index (χ4n) is 4.93. The number of carbonyl (C=O) groups excluding carboxylic acids is 2. The highest BCUT2D eigenvalue weighted by Gasteiger charge is 2.36. The van der Waals surface area contributed by atoms with E-state index in [1.165, 1.54) is 11.0 Å². The number of benzene rings is 3. The van der Waals surface area contributed by atoms with Crippen molar-refractivity contribution in [2.75, 3.05) is 29.4 Å². The first-order valence-electron chi connectivity index (χ1n) is 13.3. The van der Waals surface area contributed by atoms with E-state index in [1.807, 2.05) is 49.1 Å². The molecule has 0 saturated heterocycles. The zero-order valence-electron chi connectivity index (χ0n) is 22.7. The first kappa shape index (κ1) is 27.4. The quantitative estimate of drug-likeness (QED) is 0.467. The second-order valence-corrected chi connectivity index (χ2v) is 11.9. The van der Waals surface area contributed by atoms with Gasteiger partial charge in [0.05, 0.1) is 17.9 Å². The average molecular weight is 561 g/mol. The molecule has 0 spiro atoms. The number of anilines is 2. The summed E-state index contributed by atoms with van der Waals surface area (Å²) in [6, 6.07) is 21.5. The molecule has 9 nitrogen and oxygen atoms in total. The van der Waals surface area contributed by atoms with E-state index in [0.717, 1.165) is 5.56 Å². The fraction of sp³-hybridized carbons (Fsp3) is 0.300. The largest absolute Gasteiger partial charge is 0.477 e. The maximum Gasteiger partial charge on any atom is 0.286 e. The summed E-state index contributed by atoms with van der Waals surface area (Å²) in [5.74, 6) is 0.298. The summed E-state index contributed by atoms with van der Waals surface area (Å²) in [4.78, 5) is 30.2. The van der Waals surface area contributed by atoms with Crippen molar-refractivity contribution in [1.29, 1.82) is 0 Å². The molecule has 0 bridgehead atoms. The van der Waals surface area contributed by atoms with Crippen LogP contribution in [-0.4, -0.2) is 51.8 Å². The number of hydrogen-bond acceptors (Lipinski definition) is 6. The normalized spacial score (nSPS) is 17.4. The molecule has 3 aromatic carbocycles. The van der Waals surface area contributed by atoms with Crippen molar-refractivity contribution in [2.24, 2.45) is 10.3 Å². The van der Waals surface area contributed by atoms with Gasteiger partial charge in [-0.15, -0.1) is 4.40 Å². The second-order valence-electron chi connectivity index (χ2n) is 10.3. The molecule has 3 aromatic rings. The maximum atomic E-state index is 13.8. The van der Waals surface area contributed by atoms with Gasteiger partial charge in [-0.3, -0.25) is 9.59 Å². The average Bonchev–Trinajstić information content (AvgIpc) is 2.94. The van der Waals surface area contributed by atoms with E-state index in [-0.39, 0.29) is 28.8 Å². The molecule has 0 fully saturated rings. The molecule has 10 heteroatoms. The van der Waals surface area contributed by atoms with E-state index in [9.17, 15) is 18.0 Å². The maximum absolute atomic E-state index is 13.8. The molecular formula is C30H32N4O5S. The fourth-order valence-corrected chi connectivity index (χ4v) is 6.19. The number of fused-ring (bicyclic) bond motifs is 2. The van der Waals surface area contributed by atoms with Gasteiger partial charge in [0.15, 0.2) is 6.10 Å². The van der Waals surface area contributed by atoms with Crippen molar-refractivity contribution in [3.05, 3.63) is 83.9 Å². The topological polar surface area (TPSA) is 108 Å². The van der Waals surface area contributed by atoms with Crippen LogP contribution >= 0.6 is 0 Å². The lowest BCUT2D eigenvalue weighted by Gasteiger charge is -2.34. The van der Waals surface area contributed by atoms with E-state index < -0.39 is 22.0 Å². The van der Waals surface area contributed by atoms with Crippen LogP contribution in [0.5, 0.6) is 5.75 Å². The summed E-state index contributed by atoms with van der Waals surface area (Å²) < 4.78 is 35.9. The van der Waals surface area contributed by atoms with E-state index in [4.69, 9.17) is 4.74 Å². The number of para-hydroxylation sites is 2. The molecule has 1 unspecified atom stereocenters. The number of carbonyl (C=O) groups is 2. The van der Waals surface area contributed by atoms with Crippen LogP contribution in [0.4, 0.5) is 11.4 Å². The van der Waals surface area contributed by atoms with Gasteiger partial charge < -0.3 is 19.9 Å². The molecule has 0 aliphatic carbocycles. The van der Waals surface area contributed by atoms with Crippen molar-refractivity contribution in [3.8, 4) is 5.75 Å². The zero-order valence-corrected chi connectivity index (χ0v) is 23.5. The third-order valence-corrected chi connectivity index (χ3v) is 8.22. The van der Waals surface area contributed by atoms with Gasteiger partial charge in [0.2, 0.25) is 0 Å². The Bertz CT molecular complexity index is 1570. The molecule has 2 aliphatic heterocycles. The summed E-state index contributed by atoms with van der Waals surface area (Å²) in [5, 5.41) is 2.91. The SMILES string of the molecule is CC1=NS(=O)(=O)c2cc(C(=O)N3CC(C(=O)NCCc4ccccc4)Oc4ccccc43)ccc2N1CC(C)C. The van der Waals surface area contributed by atoms with Crippen molar-refractivity contribution < 1.29 is 22.7 Å². The predicted molar refractivity (Wildman–Crippen MR) is 155 cm³/mol. The van der Waals surface area contributed by atoms with Crippen LogP contribution in [0.3, 0.4) is 0 Å². The van der Waals surface area contributed by atoms with Gasteiger partial charge in [-0.1, -0.05) is 56.3 Å². The predicted octanol–water partition coefficient (Wildman–Crippen LogP) is 4.04. The van der Waals surface area contributed by atoms with E-state index >= 15 is 0 Å². The second kappa shape index (κ2) is 11.1.